The van der Waals surface area contributed by atoms with Gasteiger partial charge in [-0.1, -0.05) is 12.1 Å². The molecule has 86 valence electrons. The molecule has 2 aromatic rings. The van der Waals surface area contributed by atoms with Gasteiger partial charge in [0, 0.05) is 6.92 Å². The third kappa shape index (κ3) is 1.43. The second-order valence-corrected chi connectivity index (χ2v) is 3.99. The Morgan fingerprint density at radius 1 is 1.47 bits per heavy atom. The number of benzene rings is 1. The molecular weight excluding hydrogens is 220 g/mol. The molecule has 1 atom stereocenters. The van der Waals surface area contributed by atoms with Crippen LogP contribution in [0, 0.1) is 0 Å². The number of carbonyl (C=O) groups is 1. The van der Waals surface area contributed by atoms with Gasteiger partial charge in [-0.15, -0.1) is 0 Å². The van der Waals surface area contributed by atoms with Crippen molar-refractivity contribution in [2.75, 3.05) is 0 Å². The first-order chi connectivity index (χ1) is 8.16. The van der Waals surface area contributed by atoms with Crippen LogP contribution in [0.15, 0.2) is 29.1 Å². The van der Waals surface area contributed by atoms with Crippen molar-refractivity contribution >= 4 is 16.9 Å². The summed E-state index contributed by atoms with van der Waals surface area (Å²) in [5.74, 6) is 0.278. The van der Waals surface area contributed by atoms with Crippen LogP contribution in [-0.4, -0.2) is 15.5 Å². The van der Waals surface area contributed by atoms with Crippen molar-refractivity contribution in [1.82, 2.24) is 9.55 Å². The maximum atomic E-state index is 12.1. The third-order valence-electron chi connectivity index (χ3n) is 2.83. The van der Waals surface area contributed by atoms with Crippen molar-refractivity contribution in [2.24, 2.45) is 0 Å². The average molecular weight is 230 g/mol. The molecule has 0 radical (unpaired) electrons. The molecule has 1 aliphatic heterocycles. The largest absolute Gasteiger partial charge is 0.441 e. The molecule has 0 bridgehead atoms. The number of hydrogen-bond acceptors (Lipinski definition) is 4. The Hall–Kier alpha value is -2.17. The van der Waals surface area contributed by atoms with E-state index in [4.69, 9.17) is 4.74 Å². The predicted molar refractivity (Wildman–Crippen MR) is 60.5 cm³/mol. The molecule has 2 heterocycles. The van der Waals surface area contributed by atoms with E-state index in [0.29, 0.717) is 23.1 Å². The average Bonchev–Trinajstić information content (AvgIpc) is 2.26. The van der Waals surface area contributed by atoms with Gasteiger partial charge < -0.3 is 4.74 Å². The van der Waals surface area contributed by atoms with Gasteiger partial charge in [-0.3, -0.25) is 14.2 Å². The molecule has 3 rings (SSSR count). The lowest BCUT2D eigenvalue weighted by atomic mass is 10.1. The molecule has 0 fully saturated rings. The highest BCUT2D eigenvalue weighted by molar-refractivity contribution is 5.77. The topological polar surface area (TPSA) is 61.2 Å². The Morgan fingerprint density at radius 2 is 2.24 bits per heavy atom. The number of fused-ring (bicyclic) bond motifs is 2. The highest BCUT2D eigenvalue weighted by Crippen LogP contribution is 2.25. The van der Waals surface area contributed by atoms with E-state index in [9.17, 15) is 9.59 Å². The zero-order valence-corrected chi connectivity index (χ0v) is 9.21. The van der Waals surface area contributed by atoms with Gasteiger partial charge in [0.1, 0.15) is 5.82 Å². The summed E-state index contributed by atoms with van der Waals surface area (Å²) in [4.78, 5) is 27.3. The monoisotopic (exact) mass is 230 g/mol. The minimum Gasteiger partial charge on any atom is -0.441 e. The molecule has 17 heavy (non-hydrogen) atoms. The first kappa shape index (κ1) is 10.0. The molecular formula is C12H10N2O3. The van der Waals surface area contributed by atoms with Gasteiger partial charge in [0.15, 0.2) is 6.23 Å². The first-order valence-corrected chi connectivity index (χ1v) is 5.34. The van der Waals surface area contributed by atoms with Crippen LogP contribution in [0.25, 0.3) is 10.9 Å². The lowest BCUT2D eigenvalue weighted by Gasteiger charge is -2.30. The van der Waals surface area contributed by atoms with Crippen LogP contribution in [0.5, 0.6) is 0 Å². The maximum Gasteiger partial charge on any atom is 0.304 e. The molecule has 0 saturated heterocycles. The van der Waals surface area contributed by atoms with Crippen molar-refractivity contribution in [3.05, 3.63) is 40.4 Å². The van der Waals surface area contributed by atoms with Crippen LogP contribution in [0.2, 0.25) is 0 Å². The Morgan fingerprint density at radius 3 is 3.00 bits per heavy atom. The highest BCUT2D eigenvalue weighted by Gasteiger charge is 2.31. The number of para-hydroxylation sites is 1. The number of aromatic nitrogens is 2. The molecule has 0 spiro atoms. The smallest absolute Gasteiger partial charge is 0.304 e. The first-order valence-electron chi connectivity index (χ1n) is 5.34. The number of rotatable bonds is 1. The van der Waals surface area contributed by atoms with Crippen molar-refractivity contribution in [3.63, 3.8) is 0 Å². The summed E-state index contributed by atoms with van der Waals surface area (Å²) in [6, 6.07) is 7.16. The molecule has 0 amide bonds. The van der Waals surface area contributed by atoms with Gasteiger partial charge >= 0.3 is 5.97 Å². The Bertz CT molecular complexity index is 675. The van der Waals surface area contributed by atoms with Crippen molar-refractivity contribution in [3.8, 4) is 0 Å². The Labute approximate surface area is 96.7 Å². The number of hydrogen-bond donors (Lipinski definition) is 0. The van der Waals surface area contributed by atoms with Crippen molar-refractivity contribution in [1.29, 1.82) is 0 Å². The van der Waals surface area contributed by atoms with Crippen molar-refractivity contribution < 1.29 is 9.53 Å². The van der Waals surface area contributed by atoms with Crippen LogP contribution < -0.4 is 5.56 Å². The van der Waals surface area contributed by atoms with E-state index in [1.54, 1.807) is 18.2 Å². The third-order valence-corrected chi connectivity index (χ3v) is 2.83. The summed E-state index contributed by atoms with van der Waals surface area (Å²) in [5, 5.41) is 0.549. The normalized spacial score (nSPS) is 17.4. The number of ether oxygens (including phenoxy) is 1. The minimum absolute atomic E-state index is 0.150. The lowest BCUT2D eigenvalue weighted by molar-refractivity contribution is -0.154. The highest BCUT2D eigenvalue weighted by atomic mass is 16.6. The summed E-state index contributed by atoms with van der Waals surface area (Å²) < 4.78 is 6.46. The molecule has 5 heteroatoms. The number of esters is 1. The summed E-state index contributed by atoms with van der Waals surface area (Å²) in [6.45, 7) is 1.33. The van der Waals surface area contributed by atoms with E-state index < -0.39 is 6.23 Å². The zero-order valence-electron chi connectivity index (χ0n) is 9.21. The van der Waals surface area contributed by atoms with Crippen molar-refractivity contribution in [2.45, 2.75) is 19.6 Å². The van der Waals surface area contributed by atoms with Gasteiger partial charge in [-0.2, -0.15) is 0 Å². The van der Waals surface area contributed by atoms with E-state index in [2.05, 4.69) is 4.98 Å². The van der Waals surface area contributed by atoms with Crippen LogP contribution in [0.3, 0.4) is 0 Å². The summed E-state index contributed by atoms with van der Waals surface area (Å²) in [7, 11) is 0. The van der Waals surface area contributed by atoms with Gasteiger partial charge in [0.25, 0.3) is 5.56 Å². The van der Waals surface area contributed by atoms with Crippen LogP contribution in [-0.2, 0) is 16.0 Å². The SMILES string of the molecule is CC(=O)O[C@@H]1Cc2nc3ccccc3c(=O)n21. The number of nitrogens with zero attached hydrogens (tertiary/aromatic N) is 2. The molecule has 1 aromatic carbocycles. The van der Waals surface area contributed by atoms with E-state index in [-0.39, 0.29) is 11.5 Å². The molecule has 1 aliphatic rings. The van der Waals surface area contributed by atoms with Crippen LogP contribution in [0.4, 0.5) is 0 Å². The predicted octanol–water partition coefficient (Wildman–Crippen LogP) is 1.01. The fourth-order valence-corrected chi connectivity index (χ4v) is 2.05. The fraction of sp³-hybridized carbons (Fsp3) is 0.250. The van der Waals surface area contributed by atoms with E-state index in [1.165, 1.54) is 11.5 Å². The molecule has 0 N–H and O–H groups in total. The molecule has 0 saturated carbocycles. The second kappa shape index (κ2) is 3.41. The summed E-state index contributed by atoms with van der Waals surface area (Å²) in [5.41, 5.74) is 0.535. The van der Waals surface area contributed by atoms with Gasteiger partial charge in [0.05, 0.1) is 17.3 Å². The molecule has 0 unspecified atom stereocenters. The summed E-state index contributed by atoms with van der Waals surface area (Å²) in [6.07, 6.45) is 0.00624. The minimum atomic E-state index is -0.493. The van der Waals surface area contributed by atoms with Crippen LogP contribution in [0.1, 0.15) is 19.0 Å². The van der Waals surface area contributed by atoms with E-state index in [1.807, 2.05) is 6.07 Å². The molecule has 5 nitrogen and oxygen atoms in total. The molecule has 0 aliphatic carbocycles. The van der Waals surface area contributed by atoms with Gasteiger partial charge in [0.2, 0.25) is 0 Å². The molecule has 1 aromatic heterocycles. The summed E-state index contributed by atoms with van der Waals surface area (Å²) >= 11 is 0. The quantitative estimate of drug-likeness (QED) is 0.686. The Balaban J connectivity index is 2.17. The maximum absolute atomic E-state index is 12.1. The Kier molecular flexibility index (Phi) is 2.01. The van der Waals surface area contributed by atoms with Gasteiger partial charge in [-0.25, -0.2) is 4.98 Å². The lowest BCUT2D eigenvalue weighted by Crippen LogP contribution is -2.41. The second-order valence-electron chi connectivity index (χ2n) is 3.99. The fourth-order valence-electron chi connectivity index (χ4n) is 2.05. The van der Waals surface area contributed by atoms with E-state index >= 15 is 0 Å². The number of carbonyl (C=O) groups excluding carboxylic acids is 1. The van der Waals surface area contributed by atoms with Crippen LogP contribution >= 0.6 is 0 Å². The van der Waals surface area contributed by atoms with Gasteiger partial charge in [-0.05, 0) is 12.1 Å². The van der Waals surface area contributed by atoms with E-state index in [0.717, 1.165) is 0 Å². The standard InChI is InChI=1S/C12H10N2O3/c1-7(15)17-11-6-10-13-9-5-3-2-4-8(9)12(16)14(10)11/h2-5,11H,6H2,1H3/t11-/m1/s1. The zero-order chi connectivity index (χ0) is 12.0.